The Morgan fingerprint density at radius 1 is 0.590 bits per heavy atom. The Kier molecular flexibility index (Phi) is 10.4. The minimum absolute atomic E-state index is 0.443. The van der Waals surface area contributed by atoms with Crippen molar-refractivity contribution in [2.45, 2.75) is 159 Å². The number of halogens is 2. The lowest BCUT2D eigenvalue weighted by Gasteiger charge is -2.67. The van der Waals surface area contributed by atoms with Crippen molar-refractivity contribution in [1.82, 2.24) is 0 Å². The van der Waals surface area contributed by atoms with E-state index >= 15 is 0 Å². The van der Waals surface area contributed by atoms with Crippen LogP contribution in [-0.2, 0) is 14.3 Å². The average molecular weight is 584 g/mol. The van der Waals surface area contributed by atoms with Crippen LogP contribution in [0.3, 0.4) is 0 Å². The minimum atomic E-state index is -0.872. The van der Waals surface area contributed by atoms with Gasteiger partial charge in [-0.25, -0.2) is 0 Å². The monoisotopic (exact) mass is 582 g/mol. The Morgan fingerprint density at radius 3 is 1.23 bits per heavy atom. The van der Waals surface area contributed by atoms with Crippen LogP contribution in [0.15, 0.2) is 0 Å². The maximum absolute atomic E-state index is 14.0. The van der Waals surface area contributed by atoms with Gasteiger partial charge in [0.2, 0.25) is 0 Å². The van der Waals surface area contributed by atoms with Crippen molar-refractivity contribution in [2.24, 2.45) is 34.5 Å². The van der Waals surface area contributed by atoms with Crippen LogP contribution in [-0.4, -0.2) is 35.5 Å². The number of hydrogen-bond acceptors (Lipinski definition) is 3. The highest BCUT2D eigenvalue weighted by Crippen LogP contribution is 2.75. The highest BCUT2D eigenvalue weighted by molar-refractivity contribution is 6.55. The Labute approximate surface area is 249 Å². The van der Waals surface area contributed by atoms with Gasteiger partial charge in [-0.15, -0.1) is 0 Å². The van der Waals surface area contributed by atoms with Crippen molar-refractivity contribution >= 4 is 29.0 Å². The Morgan fingerprint density at radius 2 is 0.923 bits per heavy atom. The number of carbonyl (C=O) groups is 1. The summed E-state index contributed by atoms with van der Waals surface area (Å²) in [5, 5.41) is 0. The Hall–Kier alpha value is 0.170. The number of hydrogen-bond donors (Lipinski definition) is 0. The number of alkyl halides is 2. The second kappa shape index (κ2) is 13.2. The van der Waals surface area contributed by atoms with E-state index in [9.17, 15) is 4.79 Å². The highest BCUT2D eigenvalue weighted by Gasteiger charge is 2.79. The lowest BCUT2D eigenvalue weighted by atomic mass is 9.41. The summed E-state index contributed by atoms with van der Waals surface area (Å²) in [6, 6.07) is 0. The van der Waals surface area contributed by atoms with Crippen LogP contribution < -0.4 is 0 Å². The van der Waals surface area contributed by atoms with E-state index < -0.39 is 15.2 Å². The molecule has 0 bridgehead atoms. The molecule has 0 aromatic heterocycles. The van der Waals surface area contributed by atoms with E-state index in [0.29, 0.717) is 18.0 Å². The zero-order valence-corrected chi connectivity index (χ0v) is 26.5. The molecule has 0 aromatic carbocycles. The second-order valence-electron chi connectivity index (χ2n) is 14.3. The van der Waals surface area contributed by atoms with Gasteiger partial charge in [0.25, 0.3) is 0 Å². The molecule has 39 heavy (non-hydrogen) atoms. The van der Waals surface area contributed by atoms with Crippen molar-refractivity contribution in [3.8, 4) is 0 Å². The largest absolute Gasteiger partial charge is 0.378 e. The van der Waals surface area contributed by atoms with Gasteiger partial charge in [-0.05, 0) is 139 Å². The molecule has 0 saturated heterocycles. The van der Waals surface area contributed by atoms with Crippen molar-refractivity contribution in [2.75, 3.05) is 13.2 Å². The summed E-state index contributed by atoms with van der Waals surface area (Å²) in [6.07, 6.45) is 23.8. The first-order valence-electron chi connectivity index (χ1n) is 17.0. The summed E-state index contributed by atoms with van der Waals surface area (Å²) >= 11 is 14.6. The van der Waals surface area contributed by atoms with Gasteiger partial charge in [0.05, 0.1) is 23.0 Å². The number of carbonyl (C=O) groups excluding carboxylic acids is 1. The van der Waals surface area contributed by atoms with E-state index in [-0.39, 0.29) is 0 Å². The van der Waals surface area contributed by atoms with Crippen molar-refractivity contribution in [3.63, 3.8) is 0 Å². The predicted octanol–water partition coefficient (Wildman–Crippen LogP) is 9.85. The van der Waals surface area contributed by atoms with Crippen LogP contribution in [0.2, 0.25) is 0 Å². The molecule has 3 nitrogen and oxygen atoms in total. The van der Waals surface area contributed by atoms with Crippen molar-refractivity contribution in [3.05, 3.63) is 0 Å². The van der Waals surface area contributed by atoms with E-state index in [1.165, 1.54) is 77.0 Å². The first kappa shape index (κ1) is 30.6. The van der Waals surface area contributed by atoms with Gasteiger partial charge in [-0.1, -0.05) is 49.9 Å². The van der Waals surface area contributed by atoms with E-state index in [0.717, 1.165) is 88.3 Å². The zero-order chi connectivity index (χ0) is 27.5. The fourth-order valence-corrected chi connectivity index (χ4v) is 10.8. The van der Waals surface area contributed by atoms with E-state index in [1.54, 1.807) is 0 Å². The lowest BCUT2D eigenvalue weighted by molar-refractivity contribution is -0.173. The molecular weight excluding hydrogens is 527 g/mol. The van der Waals surface area contributed by atoms with Crippen molar-refractivity contribution in [1.29, 1.82) is 0 Å². The summed E-state index contributed by atoms with van der Waals surface area (Å²) in [7, 11) is 0. The Bertz CT molecular complexity index is 718. The summed E-state index contributed by atoms with van der Waals surface area (Å²) in [6.45, 7) is 6.30. The maximum Gasteiger partial charge on any atom is 0.151 e. The summed E-state index contributed by atoms with van der Waals surface area (Å²) < 4.78 is 11.3. The third-order valence-corrected chi connectivity index (χ3v) is 13.8. The topological polar surface area (TPSA) is 35.5 Å². The first-order valence-corrected chi connectivity index (χ1v) is 17.8. The van der Waals surface area contributed by atoms with Gasteiger partial charge in [0.1, 0.15) is 4.33 Å². The van der Waals surface area contributed by atoms with Gasteiger partial charge < -0.3 is 9.47 Å². The van der Waals surface area contributed by atoms with Crippen LogP contribution in [0.25, 0.3) is 0 Å². The maximum atomic E-state index is 14.0. The molecule has 0 heterocycles. The Balaban J connectivity index is 1.08. The fraction of sp³-hybridized carbons (Fsp3) is 0.971. The zero-order valence-electron chi connectivity index (χ0n) is 25.0. The predicted molar refractivity (Wildman–Crippen MR) is 161 cm³/mol. The van der Waals surface area contributed by atoms with Gasteiger partial charge in [0, 0.05) is 13.2 Å². The van der Waals surface area contributed by atoms with Crippen LogP contribution in [0.4, 0.5) is 0 Å². The van der Waals surface area contributed by atoms with Crippen LogP contribution in [0, 0.1) is 34.5 Å². The van der Waals surface area contributed by atoms with E-state index in [4.69, 9.17) is 32.7 Å². The van der Waals surface area contributed by atoms with E-state index in [2.05, 4.69) is 13.8 Å². The molecular formula is C34H56Cl2O3. The molecule has 5 rings (SSSR count). The summed E-state index contributed by atoms with van der Waals surface area (Å²) in [5.74, 6) is 3.49. The molecule has 5 aliphatic rings. The number of Topliss-reactive ketones (excluding diaryl/α,β-unsaturated/α-hetero) is 1. The smallest absolute Gasteiger partial charge is 0.151 e. The van der Waals surface area contributed by atoms with Crippen molar-refractivity contribution < 1.29 is 14.3 Å². The number of rotatable bonds is 10. The van der Waals surface area contributed by atoms with Gasteiger partial charge >= 0.3 is 0 Å². The molecule has 224 valence electrons. The fourth-order valence-electron chi connectivity index (χ4n) is 9.67. The molecule has 0 atom stereocenters. The minimum Gasteiger partial charge on any atom is -0.378 e. The molecule has 5 aliphatic carbocycles. The quantitative estimate of drug-likeness (QED) is 0.190. The number of ketones is 1. The average Bonchev–Trinajstić information content (AvgIpc) is 2.98. The van der Waals surface area contributed by atoms with Gasteiger partial charge in [0.15, 0.2) is 5.78 Å². The molecule has 0 unspecified atom stereocenters. The molecule has 0 aromatic rings. The van der Waals surface area contributed by atoms with E-state index in [1.807, 2.05) is 0 Å². The van der Waals surface area contributed by atoms with Crippen LogP contribution in [0.5, 0.6) is 0 Å². The third-order valence-electron chi connectivity index (χ3n) is 12.3. The SMILES string of the molecule is CCCCOC1CCC(C2CC[C@]3(CC2)C(=O)[C@@]2(CC[C@@H](C4CCC(OCCCC)CC4)CC2)C3(Cl)Cl)CC1. The molecule has 0 aliphatic heterocycles. The molecule has 5 saturated carbocycles. The van der Waals surface area contributed by atoms with Crippen LogP contribution >= 0.6 is 23.2 Å². The second-order valence-corrected chi connectivity index (χ2v) is 15.6. The van der Waals surface area contributed by atoms with Gasteiger partial charge in [-0.2, -0.15) is 0 Å². The molecule has 0 radical (unpaired) electrons. The number of unbranched alkanes of at least 4 members (excludes halogenated alkanes) is 2. The highest BCUT2D eigenvalue weighted by atomic mass is 35.5. The summed E-state index contributed by atoms with van der Waals surface area (Å²) in [5.41, 5.74) is -0.957. The lowest BCUT2D eigenvalue weighted by Crippen LogP contribution is -2.74. The van der Waals surface area contributed by atoms with Gasteiger partial charge in [-0.3, -0.25) is 4.79 Å². The first-order chi connectivity index (χ1) is 18.9. The molecule has 5 fully saturated rings. The third kappa shape index (κ3) is 5.88. The molecule has 0 N–H and O–H groups in total. The standard InChI is InChI=1S/C34H56Cl2O3/c1-3-5-23-38-29-11-7-25(8-12-29)27-15-19-32(20-16-27)31(37)33(34(32,35)36)21-17-28(18-22-33)26-9-13-30(14-10-26)39-24-6-4-2/h25-30H,3-24H2,1-2H3/t25?,26?,27-,28?,29?,30?,32+,33-. The van der Waals surface area contributed by atoms with Crippen LogP contribution in [0.1, 0.15) is 142 Å². The normalized spacial score (nSPS) is 42.5. The molecule has 2 spiro atoms. The summed E-state index contributed by atoms with van der Waals surface area (Å²) in [4.78, 5) is 14.0. The molecule has 0 amide bonds. The number of ether oxygens (including phenoxy) is 2. The molecule has 5 heteroatoms.